The summed E-state index contributed by atoms with van der Waals surface area (Å²) in [7, 11) is 0. The van der Waals surface area contributed by atoms with Gasteiger partial charge in [0.15, 0.2) is 0 Å². The lowest BCUT2D eigenvalue weighted by Gasteiger charge is -2.08. The molecule has 1 amide bonds. The highest BCUT2D eigenvalue weighted by atomic mass is 16.1. The van der Waals surface area contributed by atoms with Crippen LogP contribution >= 0.6 is 0 Å². The Morgan fingerprint density at radius 1 is 1.05 bits per heavy atom. The van der Waals surface area contributed by atoms with Gasteiger partial charge >= 0.3 is 0 Å². The van der Waals surface area contributed by atoms with Gasteiger partial charge in [-0.15, -0.1) is 0 Å². The number of carbonyl (C=O) groups is 1. The van der Waals surface area contributed by atoms with Crippen LogP contribution in [0.2, 0.25) is 0 Å². The van der Waals surface area contributed by atoms with Crippen molar-refractivity contribution in [1.29, 1.82) is 0 Å². The summed E-state index contributed by atoms with van der Waals surface area (Å²) in [6.07, 6.45) is 1.73. The molecule has 0 aliphatic heterocycles. The van der Waals surface area contributed by atoms with Crippen molar-refractivity contribution in [3.63, 3.8) is 0 Å². The van der Waals surface area contributed by atoms with Gasteiger partial charge in [-0.3, -0.25) is 4.79 Å². The zero-order valence-corrected chi connectivity index (χ0v) is 11.4. The highest BCUT2D eigenvalue weighted by Gasteiger charge is 2.05. The van der Waals surface area contributed by atoms with Crippen LogP contribution in [0.4, 0.5) is 0 Å². The molecule has 0 heterocycles. The van der Waals surface area contributed by atoms with Crippen LogP contribution in [0.5, 0.6) is 0 Å². The van der Waals surface area contributed by atoms with E-state index in [1.165, 1.54) is 11.1 Å². The van der Waals surface area contributed by atoms with Crippen LogP contribution in [0.1, 0.15) is 39.5 Å². The minimum absolute atomic E-state index is 0.360. The molecule has 0 saturated heterocycles. The molecule has 0 saturated carbocycles. The quantitative estimate of drug-likeness (QED) is 0.893. The molecule has 2 N–H and O–H groups in total. The number of primary amides is 1. The van der Waals surface area contributed by atoms with Gasteiger partial charge < -0.3 is 5.73 Å². The monoisotopic (exact) mass is 253 g/mol. The molecule has 0 aliphatic rings. The Balaban J connectivity index is 2.34. The molecule has 0 radical (unpaired) electrons. The minimum atomic E-state index is -0.360. The first-order chi connectivity index (χ1) is 9.08. The highest BCUT2D eigenvalue weighted by molar-refractivity contribution is 5.93. The zero-order chi connectivity index (χ0) is 13.8. The van der Waals surface area contributed by atoms with Crippen LogP contribution in [-0.4, -0.2) is 5.91 Å². The van der Waals surface area contributed by atoms with Gasteiger partial charge in [-0.2, -0.15) is 0 Å². The fourth-order valence-electron chi connectivity index (χ4n) is 2.27. The molecule has 0 bridgehead atoms. The van der Waals surface area contributed by atoms with Gasteiger partial charge in [-0.05, 0) is 48.6 Å². The second-order valence-corrected chi connectivity index (χ2v) is 4.92. The number of benzene rings is 2. The Morgan fingerprint density at radius 3 is 2.42 bits per heavy atom. The van der Waals surface area contributed by atoms with Gasteiger partial charge in [0, 0.05) is 5.56 Å². The van der Waals surface area contributed by atoms with Crippen molar-refractivity contribution in [3.8, 4) is 0 Å². The summed E-state index contributed by atoms with van der Waals surface area (Å²) in [6, 6.07) is 14.3. The first kappa shape index (κ1) is 13.3. The van der Waals surface area contributed by atoms with Gasteiger partial charge in [-0.25, -0.2) is 0 Å². The number of carbonyl (C=O) groups excluding carboxylic acids is 1. The van der Waals surface area contributed by atoms with E-state index in [4.69, 9.17) is 5.73 Å². The molecular formula is C17H19NO. The van der Waals surface area contributed by atoms with Gasteiger partial charge in [0.1, 0.15) is 0 Å². The molecule has 2 aromatic rings. The summed E-state index contributed by atoms with van der Waals surface area (Å²) in [4.78, 5) is 11.4. The second-order valence-electron chi connectivity index (χ2n) is 4.92. The van der Waals surface area contributed by atoms with E-state index in [2.05, 4.69) is 44.2 Å². The van der Waals surface area contributed by atoms with E-state index in [9.17, 15) is 4.79 Å². The fourth-order valence-corrected chi connectivity index (χ4v) is 2.27. The van der Waals surface area contributed by atoms with E-state index in [0.29, 0.717) is 5.56 Å². The lowest BCUT2D eigenvalue weighted by atomic mass is 9.98. The van der Waals surface area contributed by atoms with Crippen molar-refractivity contribution in [2.24, 2.45) is 5.73 Å². The van der Waals surface area contributed by atoms with Crippen LogP contribution < -0.4 is 5.73 Å². The molecule has 0 atom stereocenters. The second kappa shape index (κ2) is 5.70. The number of aryl methyl sites for hydroxylation is 2. The van der Waals surface area contributed by atoms with Crippen LogP contribution in [0, 0.1) is 6.92 Å². The molecule has 2 nitrogen and oxygen atoms in total. The molecule has 0 unspecified atom stereocenters. The van der Waals surface area contributed by atoms with Gasteiger partial charge in [0.25, 0.3) is 0 Å². The third kappa shape index (κ3) is 3.44. The molecule has 0 fully saturated rings. The normalized spacial score (nSPS) is 10.4. The molecule has 0 spiro atoms. The maximum absolute atomic E-state index is 11.4. The summed E-state index contributed by atoms with van der Waals surface area (Å²) in [5, 5.41) is 0. The fraction of sp³-hybridized carbons (Fsp3) is 0.235. The van der Waals surface area contributed by atoms with Crippen LogP contribution in [-0.2, 0) is 12.8 Å². The van der Waals surface area contributed by atoms with Crippen LogP contribution in [0.25, 0.3) is 0 Å². The first-order valence-electron chi connectivity index (χ1n) is 6.56. The van der Waals surface area contributed by atoms with Gasteiger partial charge in [-0.1, -0.05) is 42.8 Å². The van der Waals surface area contributed by atoms with Crippen molar-refractivity contribution in [2.75, 3.05) is 0 Å². The van der Waals surface area contributed by atoms with E-state index in [0.717, 1.165) is 24.0 Å². The van der Waals surface area contributed by atoms with Gasteiger partial charge in [0.05, 0.1) is 0 Å². The third-order valence-corrected chi connectivity index (χ3v) is 3.24. The minimum Gasteiger partial charge on any atom is -0.366 e. The highest BCUT2D eigenvalue weighted by Crippen LogP contribution is 2.16. The average molecular weight is 253 g/mol. The lowest BCUT2D eigenvalue weighted by molar-refractivity contribution is 0.1000. The Bertz CT molecular complexity index is 602. The van der Waals surface area contributed by atoms with E-state index >= 15 is 0 Å². The summed E-state index contributed by atoms with van der Waals surface area (Å²) in [5.41, 5.74) is 10.8. The first-order valence-corrected chi connectivity index (χ1v) is 6.56. The van der Waals surface area contributed by atoms with Crippen LogP contribution in [0.3, 0.4) is 0 Å². The maximum atomic E-state index is 11.4. The number of nitrogens with two attached hydrogens (primary N) is 1. The third-order valence-electron chi connectivity index (χ3n) is 3.24. The molecule has 2 heteroatoms. The van der Waals surface area contributed by atoms with Crippen molar-refractivity contribution >= 4 is 5.91 Å². The standard InChI is InChI=1S/C17H19NO/c1-3-13-8-15(11-16(10-13)17(18)19)9-14-6-4-5-12(2)7-14/h4-8,10-11H,3,9H2,1-2H3,(H2,18,19). The SMILES string of the molecule is CCc1cc(Cc2cccc(C)c2)cc(C(N)=O)c1. The molecule has 98 valence electrons. The molecule has 2 aromatic carbocycles. The number of hydrogen-bond donors (Lipinski definition) is 1. The van der Waals surface area contributed by atoms with Crippen molar-refractivity contribution < 1.29 is 4.79 Å². The van der Waals surface area contributed by atoms with Crippen molar-refractivity contribution in [3.05, 3.63) is 70.3 Å². The topological polar surface area (TPSA) is 43.1 Å². The molecule has 0 aliphatic carbocycles. The summed E-state index contributed by atoms with van der Waals surface area (Å²) in [6.45, 7) is 4.16. The van der Waals surface area contributed by atoms with Gasteiger partial charge in [0.2, 0.25) is 5.91 Å². The maximum Gasteiger partial charge on any atom is 0.248 e. The Hall–Kier alpha value is -2.09. The summed E-state index contributed by atoms with van der Waals surface area (Å²) < 4.78 is 0. The van der Waals surface area contributed by atoms with E-state index in [-0.39, 0.29) is 5.91 Å². The molecule has 2 rings (SSSR count). The van der Waals surface area contributed by atoms with Crippen molar-refractivity contribution in [1.82, 2.24) is 0 Å². The predicted octanol–water partition coefficient (Wildman–Crippen LogP) is 3.25. The number of rotatable bonds is 4. The van der Waals surface area contributed by atoms with Crippen LogP contribution in [0.15, 0.2) is 42.5 Å². The number of amides is 1. The average Bonchev–Trinajstić information content (AvgIpc) is 2.38. The molecule has 0 aromatic heterocycles. The largest absolute Gasteiger partial charge is 0.366 e. The zero-order valence-electron chi connectivity index (χ0n) is 11.4. The van der Waals surface area contributed by atoms with E-state index in [1.807, 2.05) is 12.1 Å². The van der Waals surface area contributed by atoms with E-state index < -0.39 is 0 Å². The smallest absolute Gasteiger partial charge is 0.248 e. The Kier molecular flexibility index (Phi) is 4.00. The number of hydrogen-bond acceptors (Lipinski definition) is 1. The summed E-state index contributed by atoms with van der Waals surface area (Å²) >= 11 is 0. The predicted molar refractivity (Wildman–Crippen MR) is 78.3 cm³/mol. The Morgan fingerprint density at radius 2 is 1.79 bits per heavy atom. The molecular weight excluding hydrogens is 234 g/mol. The molecule has 19 heavy (non-hydrogen) atoms. The lowest BCUT2D eigenvalue weighted by Crippen LogP contribution is -2.12. The Labute approximate surface area is 114 Å². The summed E-state index contributed by atoms with van der Waals surface area (Å²) in [5.74, 6) is -0.360. The van der Waals surface area contributed by atoms with E-state index in [1.54, 1.807) is 0 Å². The van der Waals surface area contributed by atoms with Crippen molar-refractivity contribution in [2.45, 2.75) is 26.7 Å².